The second kappa shape index (κ2) is 3.74. The number of carbonyl (C=O) groups excluding carboxylic acids is 1. The number of hydrogen-bond donors (Lipinski definition) is 0. The normalized spacial score (nSPS) is 20.6. The third kappa shape index (κ3) is 1.69. The van der Waals surface area contributed by atoms with Gasteiger partial charge in [-0.15, -0.1) is 10.2 Å². The van der Waals surface area contributed by atoms with E-state index in [2.05, 4.69) is 17.1 Å². The predicted molar refractivity (Wildman–Crippen MR) is 52.7 cm³/mol. The van der Waals surface area contributed by atoms with Crippen LogP contribution >= 0.6 is 11.3 Å². The van der Waals surface area contributed by atoms with E-state index in [1.807, 2.05) is 0 Å². The third-order valence-electron chi connectivity index (χ3n) is 2.65. The van der Waals surface area contributed by atoms with E-state index in [0.29, 0.717) is 5.01 Å². The maximum Gasteiger partial charge on any atom is 0.180 e. The first kappa shape index (κ1) is 9.73. The smallest absolute Gasteiger partial charge is 0.180 e. The molecule has 0 N–H and O–H groups in total. The molecule has 0 aliphatic carbocycles. The average Bonchev–Trinajstić information content (AvgIpc) is 2.67. The highest BCUT2D eigenvalue weighted by molar-refractivity contribution is 7.13. The van der Waals surface area contributed by atoms with Crippen LogP contribution in [-0.4, -0.2) is 29.7 Å². The Hall–Kier alpha value is -0.810. The van der Waals surface area contributed by atoms with Crippen molar-refractivity contribution in [2.45, 2.75) is 25.2 Å². The molecular formula is C9H12N2O2S. The Balaban J connectivity index is 2.23. The van der Waals surface area contributed by atoms with Crippen LogP contribution in [-0.2, 0) is 10.2 Å². The Morgan fingerprint density at radius 3 is 2.71 bits per heavy atom. The topological polar surface area (TPSA) is 52.1 Å². The number of carbonyl (C=O) groups is 1. The SMILES string of the molecule is CC1(c2nnc(C=O)s2)CCOCC1. The summed E-state index contributed by atoms with van der Waals surface area (Å²) in [6, 6.07) is 0. The lowest BCUT2D eigenvalue weighted by molar-refractivity contribution is 0.0561. The Morgan fingerprint density at radius 2 is 2.14 bits per heavy atom. The highest BCUT2D eigenvalue weighted by Gasteiger charge is 2.32. The molecule has 4 nitrogen and oxygen atoms in total. The monoisotopic (exact) mass is 212 g/mol. The number of aldehydes is 1. The van der Waals surface area contributed by atoms with Crippen LogP contribution in [0.15, 0.2) is 0 Å². The van der Waals surface area contributed by atoms with Gasteiger partial charge in [0.15, 0.2) is 11.3 Å². The second-order valence-electron chi connectivity index (χ2n) is 3.74. The van der Waals surface area contributed by atoms with Crippen molar-refractivity contribution >= 4 is 17.6 Å². The van der Waals surface area contributed by atoms with Crippen molar-refractivity contribution in [2.75, 3.05) is 13.2 Å². The summed E-state index contributed by atoms with van der Waals surface area (Å²) in [4.78, 5) is 10.5. The summed E-state index contributed by atoms with van der Waals surface area (Å²) in [5.41, 5.74) is 0.0528. The Labute approximate surface area is 86.3 Å². The van der Waals surface area contributed by atoms with E-state index in [0.717, 1.165) is 37.3 Å². The zero-order chi connectivity index (χ0) is 10.0. The minimum absolute atomic E-state index is 0.0528. The molecule has 5 heteroatoms. The molecule has 0 bridgehead atoms. The van der Waals surface area contributed by atoms with Crippen LogP contribution < -0.4 is 0 Å². The van der Waals surface area contributed by atoms with Crippen molar-refractivity contribution < 1.29 is 9.53 Å². The first-order valence-corrected chi connectivity index (χ1v) is 5.43. The molecule has 1 aromatic rings. The van der Waals surface area contributed by atoms with Gasteiger partial charge in [0, 0.05) is 18.6 Å². The summed E-state index contributed by atoms with van der Waals surface area (Å²) in [5, 5.41) is 9.31. The Bertz CT molecular complexity index is 331. The lowest BCUT2D eigenvalue weighted by atomic mass is 9.83. The van der Waals surface area contributed by atoms with E-state index in [-0.39, 0.29) is 5.41 Å². The zero-order valence-corrected chi connectivity index (χ0v) is 8.84. The van der Waals surface area contributed by atoms with Gasteiger partial charge in [0.25, 0.3) is 0 Å². The van der Waals surface area contributed by atoms with Crippen LogP contribution in [0, 0.1) is 0 Å². The summed E-state index contributed by atoms with van der Waals surface area (Å²) in [6.07, 6.45) is 2.67. The summed E-state index contributed by atoms with van der Waals surface area (Å²) in [5.74, 6) is 0. The van der Waals surface area contributed by atoms with Crippen molar-refractivity contribution in [3.63, 3.8) is 0 Å². The van der Waals surface area contributed by atoms with Crippen LogP contribution in [0.3, 0.4) is 0 Å². The maximum absolute atomic E-state index is 10.5. The van der Waals surface area contributed by atoms with Crippen molar-refractivity contribution in [1.82, 2.24) is 10.2 Å². The van der Waals surface area contributed by atoms with E-state index < -0.39 is 0 Å². The number of rotatable bonds is 2. The molecule has 14 heavy (non-hydrogen) atoms. The molecule has 0 radical (unpaired) electrons. The molecule has 76 valence electrons. The molecule has 0 spiro atoms. The second-order valence-corrected chi connectivity index (χ2v) is 4.75. The minimum atomic E-state index is 0.0528. The molecule has 1 aromatic heterocycles. The minimum Gasteiger partial charge on any atom is -0.381 e. The van der Waals surface area contributed by atoms with Crippen LogP contribution in [0.4, 0.5) is 0 Å². The predicted octanol–water partition coefficient (Wildman–Crippen LogP) is 1.42. The van der Waals surface area contributed by atoms with Gasteiger partial charge in [0.05, 0.1) is 0 Å². The highest BCUT2D eigenvalue weighted by atomic mass is 32.1. The van der Waals surface area contributed by atoms with Crippen molar-refractivity contribution in [3.05, 3.63) is 10.0 Å². The van der Waals surface area contributed by atoms with E-state index in [1.165, 1.54) is 11.3 Å². The molecule has 0 aromatic carbocycles. The number of aromatic nitrogens is 2. The standard InChI is InChI=1S/C9H12N2O2S/c1-9(2-4-13-5-3-9)8-11-10-7(6-12)14-8/h6H,2-5H2,1H3. The van der Waals surface area contributed by atoms with E-state index in [4.69, 9.17) is 4.74 Å². The van der Waals surface area contributed by atoms with Crippen molar-refractivity contribution in [3.8, 4) is 0 Å². The van der Waals surface area contributed by atoms with E-state index >= 15 is 0 Å². The van der Waals surface area contributed by atoms with Gasteiger partial charge in [-0.3, -0.25) is 4.79 Å². The quantitative estimate of drug-likeness (QED) is 0.696. The summed E-state index contributed by atoms with van der Waals surface area (Å²) >= 11 is 1.39. The number of hydrogen-bond acceptors (Lipinski definition) is 5. The van der Waals surface area contributed by atoms with Crippen LogP contribution in [0.5, 0.6) is 0 Å². The summed E-state index contributed by atoms with van der Waals surface area (Å²) in [7, 11) is 0. The number of nitrogens with zero attached hydrogens (tertiary/aromatic N) is 2. The molecule has 0 saturated carbocycles. The molecule has 1 aliphatic heterocycles. The van der Waals surface area contributed by atoms with Gasteiger partial charge in [-0.25, -0.2) is 0 Å². The average molecular weight is 212 g/mol. The van der Waals surface area contributed by atoms with Crippen molar-refractivity contribution in [2.24, 2.45) is 0 Å². The molecule has 2 rings (SSSR count). The van der Waals surface area contributed by atoms with Crippen LogP contribution in [0.1, 0.15) is 34.6 Å². The van der Waals surface area contributed by atoms with E-state index in [1.54, 1.807) is 0 Å². The molecule has 0 atom stereocenters. The van der Waals surface area contributed by atoms with Gasteiger partial charge in [0.1, 0.15) is 5.01 Å². The van der Waals surface area contributed by atoms with Crippen LogP contribution in [0.2, 0.25) is 0 Å². The Morgan fingerprint density at radius 1 is 1.43 bits per heavy atom. The molecule has 1 aliphatic rings. The molecule has 1 fully saturated rings. The van der Waals surface area contributed by atoms with Crippen LogP contribution in [0.25, 0.3) is 0 Å². The third-order valence-corrected chi connectivity index (χ3v) is 3.81. The Kier molecular flexibility index (Phi) is 2.60. The molecule has 0 amide bonds. The summed E-state index contributed by atoms with van der Waals surface area (Å²) < 4.78 is 5.31. The zero-order valence-electron chi connectivity index (χ0n) is 8.02. The lowest BCUT2D eigenvalue weighted by Crippen LogP contribution is -2.30. The van der Waals surface area contributed by atoms with Gasteiger partial charge in [-0.2, -0.15) is 0 Å². The lowest BCUT2D eigenvalue weighted by Gasteiger charge is -2.30. The van der Waals surface area contributed by atoms with Gasteiger partial charge >= 0.3 is 0 Å². The first-order chi connectivity index (χ1) is 6.74. The van der Waals surface area contributed by atoms with E-state index in [9.17, 15) is 4.79 Å². The maximum atomic E-state index is 10.5. The van der Waals surface area contributed by atoms with Gasteiger partial charge in [-0.1, -0.05) is 18.3 Å². The molecule has 1 saturated heterocycles. The first-order valence-electron chi connectivity index (χ1n) is 4.61. The molecule has 0 unspecified atom stereocenters. The summed E-state index contributed by atoms with van der Waals surface area (Å²) in [6.45, 7) is 3.70. The molecular weight excluding hydrogens is 200 g/mol. The van der Waals surface area contributed by atoms with Gasteiger partial charge in [0.2, 0.25) is 0 Å². The fourth-order valence-electron chi connectivity index (χ4n) is 1.56. The van der Waals surface area contributed by atoms with Crippen molar-refractivity contribution in [1.29, 1.82) is 0 Å². The molecule has 2 heterocycles. The largest absolute Gasteiger partial charge is 0.381 e. The van der Waals surface area contributed by atoms with Gasteiger partial charge < -0.3 is 4.74 Å². The fraction of sp³-hybridized carbons (Fsp3) is 0.667. The highest BCUT2D eigenvalue weighted by Crippen LogP contribution is 2.35. The number of ether oxygens (including phenoxy) is 1. The van der Waals surface area contributed by atoms with Gasteiger partial charge in [-0.05, 0) is 12.8 Å². The fourth-order valence-corrected chi connectivity index (χ4v) is 2.42.